The van der Waals surface area contributed by atoms with Crippen LogP contribution in [0.2, 0.25) is 0 Å². The SMILES string of the molecule is NCCS(=O)(=O)N(CCO)CC(F)F. The highest BCUT2D eigenvalue weighted by molar-refractivity contribution is 7.89. The Morgan fingerprint density at radius 2 is 2.00 bits per heavy atom. The molecule has 0 aromatic heterocycles. The zero-order valence-electron chi connectivity index (χ0n) is 7.57. The van der Waals surface area contributed by atoms with E-state index in [-0.39, 0.29) is 18.8 Å². The minimum absolute atomic E-state index is 0.131. The Labute approximate surface area is 81.5 Å². The predicted molar refractivity (Wildman–Crippen MR) is 47.5 cm³/mol. The molecule has 14 heavy (non-hydrogen) atoms. The Hall–Kier alpha value is -0.310. The van der Waals surface area contributed by atoms with Crippen LogP contribution in [-0.4, -0.2) is 56.2 Å². The molecule has 5 nitrogen and oxygen atoms in total. The molecule has 0 aliphatic carbocycles. The topological polar surface area (TPSA) is 83.6 Å². The number of rotatable bonds is 7. The van der Waals surface area contributed by atoms with Gasteiger partial charge in [-0.1, -0.05) is 0 Å². The summed E-state index contributed by atoms with van der Waals surface area (Å²) in [5.74, 6) is -0.389. The molecular formula is C6H14F2N2O3S. The molecule has 0 fully saturated rings. The quantitative estimate of drug-likeness (QED) is 0.579. The second-order valence-corrected chi connectivity index (χ2v) is 4.67. The normalized spacial score (nSPS) is 12.7. The van der Waals surface area contributed by atoms with Gasteiger partial charge >= 0.3 is 0 Å². The van der Waals surface area contributed by atoms with Crippen LogP contribution in [0.5, 0.6) is 0 Å². The first-order valence-corrected chi connectivity index (χ1v) is 5.62. The average molecular weight is 232 g/mol. The Morgan fingerprint density at radius 1 is 1.43 bits per heavy atom. The smallest absolute Gasteiger partial charge is 0.252 e. The molecule has 0 aliphatic heterocycles. The van der Waals surface area contributed by atoms with Crippen LogP contribution in [0.25, 0.3) is 0 Å². The van der Waals surface area contributed by atoms with Crippen LogP contribution in [0.15, 0.2) is 0 Å². The number of aliphatic hydroxyl groups excluding tert-OH is 1. The van der Waals surface area contributed by atoms with Gasteiger partial charge in [0.25, 0.3) is 6.43 Å². The highest BCUT2D eigenvalue weighted by Crippen LogP contribution is 2.05. The Bertz CT molecular complexity index is 245. The molecule has 0 atom stereocenters. The van der Waals surface area contributed by atoms with E-state index >= 15 is 0 Å². The van der Waals surface area contributed by atoms with E-state index < -0.39 is 29.6 Å². The van der Waals surface area contributed by atoms with E-state index in [1.165, 1.54) is 0 Å². The molecule has 0 aromatic rings. The van der Waals surface area contributed by atoms with Crippen LogP contribution in [0, 0.1) is 0 Å². The summed E-state index contributed by atoms with van der Waals surface area (Å²) in [5, 5.41) is 8.50. The first kappa shape index (κ1) is 13.7. The van der Waals surface area contributed by atoms with Crippen LogP contribution < -0.4 is 5.73 Å². The lowest BCUT2D eigenvalue weighted by molar-refractivity contribution is 0.113. The number of hydrogen-bond donors (Lipinski definition) is 2. The van der Waals surface area contributed by atoms with Gasteiger partial charge < -0.3 is 10.8 Å². The molecule has 0 spiro atoms. The van der Waals surface area contributed by atoms with E-state index in [1.54, 1.807) is 0 Å². The number of halogens is 2. The fraction of sp³-hybridized carbons (Fsp3) is 1.00. The van der Waals surface area contributed by atoms with Crippen molar-refractivity contribution in [3.63, 3.8) is 0 Å². The van der Waals surface area contributed by atoms with Crippen molar-refractivity contribution in [3.05, 3.63) is 0 Å². The average Bonchev–Trinajstić information content (AvgIpc) is 2.02. The van der Waals surface area contributed by atoms with E-state index in [0.717, 1.165) is 0 Å². The van der Waals surface area contributed by atoms with Crippen LogP contribution >= 0.6 is 0 Å². The highest BCUT2D eigenvalue weighted by atomic mass is 32.2. The largest absolute Gasteiger partial charge is 0.395 e. The number of nitrogens with two attached hydrogens (primary N) is 1. The monoisotopic (exact) mass is 232 g/mol. The number of nitrogens with zero attached hydrogens (tertiary/aromatic N) is 1. The van der Waals surface area contributed by atoms with Gasteiger partial charge in [-0.2, -0.15) is 4.31 Å². The third kappa shape index (κ3) is 4.80. The summed E-state index contributed by atoms with van der Waals surface area (Å²) in [4.78, 5) is 0. The maximum atomic E-state index is 12.0. The van der Waals surface area contributed by atoms with E-state index in [2.05, 4.69) is 0 Å². The number of alkyl halides is 2. The summed E-state index contributed by atoms with van der Waals surface area (Å²) in [6, 6.07) is 0. The third-order valence-electron chi connectivity index (χ3n) is 1.46. The zero-order valence-corrected chi connectivity index (χ0v) is 8.38. The molecule has 0 rings (SSSR count). The Morgan fingerprint density at radius 3 is 2.36 bits per heavy atom. The second kappa shape index (κ2) is 6.23. The molecule has 0 saturated carbocycles. The van der Waals surface area contributed by atoms with Gasteiger partial charge in [0.15, 0.2) is 0 Å². The predicted octanol–water partition coefficient (Wildman–Crippen LogP) is -1.17. The van der Waals surface area contributed by atoms with Crippen molar-refractivity contribution in [2.24, 2.45) is 5.73 Å². The maximum absolute atomic E-state index is 12.0. The van der Waals surface area contributed by atoms with E-state index in [1.807, 2.05) is 0 Å². The molecule has 8 heteroatoms. The fourth-order valence-electron chi connectivity index (χ4n) is 0.887. The van der Waals surface area contributed by atoms with Crippen molar-refractivity contribution in [2.45, 2.75) is 6.43 Å². The van der Waals surface area contributed by atoms with Gasteiger partial charge in [0.05, 0.1) is 18.9 Å². The van der Waals surface area contributed by atoms with Crippen molar-refractivity contribution in [1.82, 2.24) is 4.31 Å². The summed E-state index contributed by atoms with van der Waals surface area (Å²) < 4.78 is 47.0. The summed E-state index contributed by atoms with van der Waals surface area (Å²) in [6.45, 7) is -1.85. The standard InChI is InChI=1S/C6H14F2N2O3S/c7-6(8)5-10(2-3-11)14(12,13)4-1-9/h6,11H,1-5,9H2. The van der Waals surface area contributed by atoms with E-state index in [0.29, 0.717) is 4.31 Å². The summed E-state index contributed by atoms with van der Waals surface area (Å²) in [6.07, 6.45) is -2.76. The minimum Gasteiger partial charge on any atom is -0.395 e. The molecule has 0 unspecified atom stereocenters. The second-order valence-electron chi connectivity index (χ2n) is 2.58. The Kier molecular flexibility index (Phi) is 6.09. The summed E-state index contributed by atoms with van der Waals surface area (Å²) in [5.41, 5.74) is 5.02. The van der Waals surface area contributed by atoms with Gasteiger partial charge in [-0.3, -0.25) is 0 Å². The summed E-state index contributed by atoms with van der Waals surface area (Å²) >= 11 is 0. The minimum atomic E-state index is -3.76. The Balaban J connectivity index is 4.46. The number of hydrogen-bond acceptors (Lipinski definition) is 4. The van der Waals surface area contributed by atoms with E-state index in [9.17, 15) is 17.2 Å². The zero-order chi connectivity index (χ0) is 11.2. The first-order chi connectivity index (χ1) is 6.44. The fourth-order valence-corrected chi connectivity index (χ4v) is 2.14. The maximum Gasteiger partial charge on any atom is 0.252 e. The van der Waals surface area contributed by atoms with Crippen LogP contribution in [-0.2, 0) is 10.0 Å². The van der Waals surface area contributed by atoms with Gasteiger partial charge in [-0.05, 0) is 0 Å². The van der Waals surface area contributed by atoms with Crippen LogP contribution in [0.1, 0.15) is 0 Å². The van der Waals surface area contributed by atoms with Crippen molar-refractivity contribution >= 4 is 10.0 Å². The van der Waals surface area contributed by atoms with Gasteiger partial charge in [-0.15, -0.1) is 0 Å². The molecular weight excluding hydrogens is 218 g/mol. The molecule has 0 heterocycles. The molecule has 0 saturated heterocycles. The number of aliphatic hydroxyl groups is 1. The van der Waals surface area contributed by atoms with Crippen molar-refractivity contribution < 1.29 is 22.3 Å². The van der Waals surface area contributed by atoms with Gasteiger partial charge in [0, 0.05) is 13.1 Å². The van der Waals surface area contributed by atoms with Gasteiger partial charge in [0.2, 0.25) is 10.0 Å². The first-order valence-electron chi connectivity index (χ1n) is 4.01. The van der Waals surface area contributed by atoms with Crippen molar-refractivity contribution in [2.75, 3.05) is 32.0 Å². The lowest BCUT2D eigenvalue weighted by Crippen LogP contribution is -2.40. The molecule has 0 radical (unpaired) electrons. The lowest BCUT2D eigenvalue weighted by Gasteiger charge is -2.20. The summed E-state index contributed by atoms with van der Waals surface area (Å²) in [7, 11) is -3.76. The molecule has 0 bridgehead atoms. The lowest BCUT2D eigenvalue weighted by atomic mass is 10.6. The number of sulfonamides is 1. The molecule has 0 amide bonds. The molecule has 0 aliphatic rings. The van der Waals surface area contributed by atoms with Gasteiger partial charge in [-0.25, -0.2) is 17.2 Å². The van der Waals surface area contributed by atoms with Crippen LogP contribution in [0.4, 0.5) is 8.78 Å². The molecule has 86 valence electrons. The molecule has 0 aromatic carbocycles. The van der Waals surface area contributed by atoms with E-state index in [4.69, 9.17) is 10.8 Å². The molecule has 3 N–H and O–H groups in total. The van der Waals surface area contributed by atoms with Crippen molar-refractivity contribution in [1.29, 1.82) is 0 Å². The third-order valence-corrected chi connectivity index (χ3v) is 3.33. The van der Waals surface area contributed by atoms with Crippen LogP contribution in [0.3, 0.4) is 0 Å². The van der Waals surface area contributed by atoms with Crippen molar-refractivity contribution in [3.8, 4) is 0 Å². The highest BCUT2D eigenvalue weighted by Gasteiger charge is 2.23. The van der Waals surface area contributed by atoms with Gasteiger partial charge in [0.1, 0.15) is 0 Å².